The topological polar surface area (TPSA) is 96.1 Å². The molecular formula is C26H27N3O5S2. The number of aliphatic hydroxyl groups excluding tert-OH is 1. The standard InChI is InChI=1S/C26H27N3O5S2/c1-2-20(30)21-24(31)28-22(26(35)34-15-16-8-10-19(11-9-16)29(32)33)23(36-25(21)28)17-12-13-27(14-17)18-6-4-3-5-7-18/h3-11,17,20-21,25,30H,2,12-15H2,1H3/t17?,20-,21+,25+/m0/s1. The van der Waals surface area contributed by atoms with Crippen LogP contribution in [0.2, 0.25) is 0 Å². The summed E-state index contributed by atoms with van der Waals surface area (Å²) in [6.45, 7) is 3.74. The number of para-hydroxylation sites is 1. The van der Waals surface area contributed by atoms with Gasteiger partial charge in [-0.15, -0.1) is 11.8 Å². The van der Waals surface area contributed by atoms with Gasteiger partial charge in [0.1, 0.15) is 17.7 Å². The molecule has 3 heterocycles. The molecule has 0 saturated carbocycles. The lowest BCUT2D eigenvalue weighted by Crippen LogP contribution is -2.61. The summed E-state index contributed by atoms with van der Waals surface area (Å²) in [5.74, 6) is -0.369. The normalized spacial score (nSPS) is 23.9. The predicted octanol–water partition coefficient (Wildman–Crippen LogP) is 4.48. The number of nitro benzene ring substituents is 1. The number of thioether (sulfide) groups is 1. The van der Waals surface area contributed by atoms with Gasteiger partial charge in [-0.2, -0.15) is 0 Å². The predicted molar refractivity (Wildman–Crippen MR) is 142 cm³/mol. The number of fused-ring (bicyclic) bond motifs is 1. The van der Waals surface area contributed by atoms with E-state index in [0.29, 0.717) is 12.1 Å². The van der Waals surface area contributed by atoms with Gasteiger partial charge in [0, 0.05) is 41.7 Å². The first kappa shape index (κ1) is 24.7. The molecule has 1 N–H and O–H groups in total. The number of aliphatic hydroxyl groups is 1. The Balaban J connectivity index is 1.36. The number of nitro groups is 1. The van der Waals surface area contributed by atoms with Crippen molar-refractivity contribution in [3.8, 4) is 0 Å². The molecule has 188 valence electrons. The third-order valence-electron chi connectivity index (χ3n) is 7.03. The number of thiocarbonyl (C=S) groups is 1. The monoisotopic (exact) mass is 525 g/mol. The van der Waals surface area contributed by atoms with Gasteiger partial charge < -0.3 is 14.7 Å². The van der Waals surface area contributed by atoms with E-state index in [1.807, 2.05) is 25.1 Å². The van der Waals surface area contributed by atoms with E-state index in [9.17, 15) is 20.0 Å². The van der Waals surface area contributed by atoms with Crippen LogP contribution in [0.4, 0.5) is 11.4 Å². The highest BCUT2D eigenvalue weighted by Crippen LogP contribution is 2.54. The largest absolute Gasteiger partial charge is 0.477 e. The highest BCUT2D eigenvalue weighted by molar-refractivity contribution is 8.04. The molecule has 4 atom stereocenters. The minimum absolute atomic E-state index is 0.0114. The molecule has 1 unspecified atom stereocenters. The maximum absolute atomic E-state index is 13.1. The van der Waals surface area contributed by atoms with Gasteiger partial charge in [0.2, 0.25) is 11.0 Å². The minimum atomic E-state index is -0.689. The van der Waals surface area contributed by atoms with E-state index in [2.05, 4.69) is 17.0 Å². The quantitative estimate of drug-likeness (QED) is 0.233. The summed E-state index contributed by atoms with van der Waals surface area (Å²) in [4.78, 5) is 28.7. The summed E-state index contributed by atoms with van der Waals surface area (Å²) in [7, 11) is 0. The van der Waals surface area contributed by atoms with Crippen LogP contribution in [-0.4, -0.2) is 50.5 Å². The van der Waals surface area contributed by atoms with Gasteiger partial charge in [-0.25, -0.2) is 0 Å². The first-order valence-corrected chi connectivity index (χ1v) is 13.3. The molecule has 2 saturated heterocycles. The van der Waals surface area contributed by atoms with Crippen molar-refractivity contribution in [2.75, 3.05) is 18.0 Å². The molecule has 2 aromatic rings. The van der Waals surface area contributed by atoms with E-state index in [1.165, 1.54) is 17.8 Å². The summed E-state index contributed by atoms with van der Waals surface area (Å²) in [5, 5.41) is 21.5. The zero-order valence-electron chi connectivity index (χ0n) is 19.8. The van der Waals surface area contributed by atoms with Gasteiger partial charge in [-0.3, -0.25) is 19.8 Å². The van der Waals surface area contributed by atoms with Gasteiger partial charge in [0.15, 0.2) is 0 Å². The zero-order chi connectivity index (χ0) is 25.4. The highest BCUT2D eigenvalue weighted by atomic mass is 32.2. The van der Waals surface area contributed by atoms with Crippen molar-refractivity contribution in [2.45, 2.75) is 37.9 Å². The smallest absolute Gasteiger partial charge is 0.269 e. The third-order valence-corrected chi connectivity index (χ3v) is 8.87. The van der Waals surface area contributed by atoms with E-state index >= 15 is 0 Å². The van der Waals surface area contributed by atoms with Crippen LogP contribution in [0.3, 0.4) is 0 Å². The Morgan fingerprint density at radius 1 is 1.25 bits per heavy atom. The average Bonchev–Trinajstić information content (AvgIpc) is 3.51. The van der Waals surface area contributed by atoms with Gasteiger partial charge in [0.25, 0.3) is 5.69 Å². The van der Waals surface area contributed by atoms with Crippen LogP contribution in [0.25, 0.3) is 0 Å². The number of benzene rings is 2. The summed E-state index contributed by atoms with van der Waals surface area (Å²) in [6, 6.07) is 16.4. The first-order chi connectivity index (χ1) is 17.4. The number of non-ortho nitro benzene ring substituents is 1. The number of β-lactam (4-membered cyclic amide) rings is 1. The Morgan fingerprint density at radius 2 is 1.97 bits per heavy atom. The van der Waals surface area contributed by atoms with Crippen LogP contribution in [0, 0.1) is 22.0 Å². The maximum atomic E-state index is 13.1. The Kier molecular flexibility index (Phi) is 7.00. The molecule has 2 fully saturated rings. The maximum Gasteiger partial charge on any atom is 0.269 e. The molecular weight excluding hydrogens is 498 g/mol. The molecule has 2 aromatic carbocycles. The molecule has 3 aliphatic heterocycles. The van der Waals surface area contributed by atoms with Crippen LogP contribution >= 0.6 is 24.0 Å². The lowest BCUT2D eigenvalue weighted by Gasteiger charge is -2.44. The fourth-order valence-electron chi connectivity index (χ4n) is 5.03. The number of amides is 1. The van der Waals surface area contributed by atoms with E-state index in [4.69, 9.17) is 17.0 Å². The van der Waals surface area contributed by atoms with Crippen LogP contribution in [0.1, 0.15) is 25.3 Å². The van der Waals surface area contributed by atoms with Crippen LogP contribution in [-0.2, 0) is 16.1 Å². The van der Waals surface area contributed by atoms with Crippen molar-refractivity contribution in [3.05, 3.63) is 80.9 Å². The Hall–Kier alpha value is -2.95. The molecule has 10 heteroatoms. The number of nitrogens with zero attached hydrogens (tertiary/aromatic N) is 3. The number of carbonyl (C=O) groups excluding carboxylic acids is 1. The zero-order valence-corrected chi connectivity index (χ0v) is 21.4. The fraction of sp³-hybridized carbons (Fsp3) is 0.385. The molecule has 0 aliphatic carbocycles. The number of rotatable bonds is 8. The molecule has 3 aliphatic rings. The van der Waals surface area contributed by atoms with Crippen molar-refractivity contribution in [1.29, 1.82) is 0 Å². The van der Waals surface area contributed by atoms with Gasteiger partial charge in [-0.1, -0.05) is 25.1 Å². The first-order valence-electron chi connectivity index (χ1n) is 12.0. The minimum Gasteiger partial charge on any atom is -0.477 e. The molecule has 36 heavy (non-hydrogen) atoms. The van der Waals surface area contributed by atoms with Crippen molar-refractivity contribution < 1.29 is 19.6 Å². The second-order valence-corrected chi connectivity index (χ2v) is 10.7. The summed E-state index contributed by atoms with van der Waals surface area (Å²) in [5.41, 5.74) is 2.57. The van der Waals surface area contributed by atoms with E-state index < -0.39 is 16.9 Å². The Bertz CT molecular complexity index is 1200. The van der Waals surface area contributed by atoms with Gasteiger partial charge in [-0.05, 0) is 54.9 Å². The number of carbonyl (C=O) groups is 1. The van der Waals surface area contributed by atoms with Crippen molar-refractivity contribution in [1.82, 2.24) is 4.90 Å². The van der Waals surface area contributed by atoms with Crippen LogP contribution < -0.4 is 4.90 Å². The van der Waals surface area contributed by atoms with Gasteiger partial charge >= 0.3 is 0 Å². The SMILES string of the molecule is CC[C@H](O)[C@@H]1C(=O)N2C(C(=S)OCc3ccc([N+](=O)[O-])cc3)=C(C3CCN(c4ccccc4)C3)S[C@H]12. The lowest BCUT2D eigenvalue weighted by atomic mass is 9.89. The lowest BCUT2D eigenvalue weighted by molar-refractivity contribution is -0.384. The highest BCUT2D eigenvalue weighted by Gasteiger charge is 2.58. The molecule has 0 aromatic heterocycles. The van der Waals surface area contributed by atoms with Crippen molar-refractivity contribution in [2.24, 2.45) is 11.8 Å². The average molecular weight is 526 g/mol. The van der Waals surface area contributed by atoms with Crippen LogP contribution in [0.5, 0.6) is 0 Å². The molecule has 1 amide bonds. The summed E-state index contributed by atoms with van der Waals surface area (Å²) < 4.78 is 5.96. The number of hydrogen-bond acceptors (Lipinski definition) is 8. The van der Waals surface area contributed by atoms with E-state index in [-0.39, 0.29) is 34.5 Å². The van der Waals surface area contributed by atoms with Crippen molar-refractivity contribution >= 4 is 46.3 Å². The van der Waals surface area contributed by atoms with E-state index in [1.54, 1.807) is 28.8 Å². The second-order valence-electron chi connectivity index (χ2n) is 9.20. The number of ether oxygens (including phenoxy) is 1. The Labute approximate surface area is 219 Å². The summed E-state index contributed by atoms with van der Waals surface area (Å²) in [6.07, 6.45) is 0.755. The number of hydrogen-bond donors (Lipinski definition) is 1. The molecule has 0 radical (unpaired) electrons. The second kappa shape index (κ2) is 10.2. The Morgan fingerprint density at radius 3 is 2.64 bits per heavy atom. The molecule has 5 rings (SSSR count). The van der Waals surface area contributed by atoms with Crippen LogP contribution in [0.15, 0.2) is 65.2 Å². The van der Waals surface area contributed by atoms with E-state index in [0.717, 1.165) is 30.0 Å². The summed E-state index contributed by atoms with van der Waals surface area (Å²) >= 11 is 7.32. The number of anilines is 1. The third kappa shape index (κ3) is 4.49. The molecule has 0 bridgehead atoms. The molecule has 8 nitrogen and oxygen atoms in total. The van der Waals surface area contributed by atoms with Crippen molar-refractivity contribution in [3.63, 3.8) is 0 Å². The molecule has 0 spiro atoms. The van der Waals surface area contributed by atoms with Gasteiger partial charge in [0.05, 0.1) is 16.9 Å². The fourth-order valence-corrected chi connectivity index (χ4v) is 7.07.